The molecule has 38 heavy (non-hydrogen) atoms. The minimum atomic E-state index is -4.11. The summed E-state index contributed by atoms with van der Waals surface area (Å²) in [6.45, 7) is 4.01. The lowest BCUT2D eigenvalue weighted by molar-refractivity contribution is -0.115. The van der Waals surface area contributed by atoms with Crippen molar-refractivity contribution in [2.24, 2.45) is 4.99 Å². The van der Waals surface area contributed by atoms with Gasteiger partial charge in [-0.15, -0.1) is 17.9 Å². The lowest BCUT2D eigenvalue weighted by Gasteiger charge is -2.03. The Morgan fingerprint density at radius 3 is 2.63 bits per heavy atom. The maximum absolute atomic E-state index is 12.6. The van der Waals surface area contributed by atoms with Crippen LogP contribution in [0.25, 0.3) is 21.5 Å². The summed E-state index contributed by atoms with van der Waals surface area (Å²) >= 11 is 2.28. The zero-order valence-electron chi connectivity index (χ0n) is 20.1. The Bertz CT molecular complexity index is 1700. The first-order chi connectivity index (χ1) is 18.2. The van der Waals surface area contributed by atoms with Crippen LogP contribution < -0.4 is 10.1 Å². The van der Waals surface area contributed by atoms with Gasteiger partial charge in [0.05, 0.1) is 28.6 Å². The molecule has 0 aliphatic rings. The highest BCUT2D eigenvalue weighted by Crippen LogP contribution is 2.24. The fraction of sp³-hybridized carbons (Fsp3) is 0.160. The average molecular weight is 571 g/mol. The number of carbonyl (C=O) groups excluding carboxylic acids is 3. The molecule has 0 atom stereocenters. The minimum absolute atomic E-state index is 0.239. The van der Waals surface area contributed by atoms with Crippen molar-refractivity contribution in [1.82, 2.24) is 9.55 Å². The second-order valence-electron chi connectivity index (χ2n) is 7.95. The van der Waals surface area contributed by atoms with Crippen molar-refractivity contribution in [1.29, 1.82) is 0 Å². The molecule has 1 N–H and O–H groups in total. The number of allylic oxidation sites excluding steroid dienone is 1. The van der Waals surface area contributed by atoms with Crippen LogP contribution in [0.5, 0.6) is 0 Å². The number of nitrogens with one attached hydrogen (secondary N) is 1. The van der Waals surface area contributed by atoms with E-state index in [0.29, 0.717) is 28.0 Å². The predicted molar refractivity (Wildman–Crippen MR) is 147 cm³/mol. The van der Waals surface area contributed by atoms with Crippen molar-refractivity contribution in [3.63, 3.8) is 0 Å². The first-order valence-electron chi connectivity index (χ1n) is 11.1. The SMILES string of the molecule is C=CCn1c(=NC(=O)CS(=O)(=O)CC(=O)Nc2nc(-c3ccccc3)cs2)sc2cc(C(=O)OC)ccc21. The summed E-state index contributed by atoms with van der Waals surface area (Å²) in [5.74, 6) is -4.07. The van der Waals surface area contributed by atoms with Gasteiger partial charge in [-0.3, -0.25) is 9.59 Å². The number of thiazole rings is 2. The number of nitrogens with zero attached hydrogens (tertiary/aromatic N) is 3. The van der Waals surface area contributed by atoms with Gasteiger partial charge in [0.25, 0.3) is 5.91 Å². The third-order valence-electron chi connectivity index (χ3n) is 5.15. The molecule has 196 valence electrons. The minimum Gasteiger partial charge on any atom is -0.465 e. The van der Waals surface area contributed by atoms with E-state index in [0.717, 1.165) is 28.2 Å². The normalized spacial score (nSPS) is 11.9. The van der Waals surface area contributed by atoms with E-state index >= 15 is 0 Å². The summed E-state index contributed by atoms with van der Waals surface area (Å²) in [4.78, 5) is 45.3. The van der Waals surface area contributed by atoms with Crippen LogP contribution in [-0.2, 0) is 30.7 Å². The molecule has 0 spiro atoms. The molecule has 0 saturated heterocycles. The first kappa shape index (κ1) is 27.1. The highest BCUT2D eigenvalue weighted by Gasteiger charge is 2.22. The van der Waals surface area contributed by atoms with Gasteiger partial charge in [0, 0.05) is 17.5 Å². The molecule has 2 amide bonds. The lowest BCUT2D eigenvalue weighted by atomic mass is 10.2. The fourth-order valence-electron chi connectivity index (χ4n) is 3.51. The quantitative estimate of drug-likeness (QED) is 0.241. The largest absolute Gasteiger partial charge is 0.465 e. The number of carbonyl (C=O) groups is 3. The molecular weight excluding hydrogens is 548 g/mol. The van der Waals surface area contributed by atoms with Gasteiger partial charge in [0.1, 0.15) is 11.5 Å². The number of rotatable bonds is 9. The van der Waals surface area contributed by atoms with E-state index in [2.05, 4.69) is 21.9 Å². The van der Waals surface area contributed by atoms with Gasteiger partial charge in [-0.25, -0.2) is 18.2 Å². The van der Waals surface area contributed by atoms with Gasteiger partial charge in [-0.2, -0.15) is 4.99 Å². The maximum atomic E-state index is 12.6. The Kier molecular flexibility index (Phi) is 8.29. The number of aromatic nitrogens is 2. The maximum Gasteiger partial charge on any atom is 0.337 e. The number of anilines is 1. The third-order valence-corrected chi connectivity index (χ3v) is 8.34. The second-order valence-corrected chi connectivity index (χ2v) is 11.9. The van der Waals surface area contributed by atoms with Gasteiger partial charge in [0.15, 0.2) is 19.8 Å². The summed E-state index contributed by atoms with van der Waals surface area (Å²) in [6.07, 6.45) is 1.60. The van der Waals surface area contributed by atoms with Gasteiger partial charge < -0.3 is 14.6 Å². The summed E-state index contributed by atoms with van der Waals surface area (Å²) in [5.41, 5.74) is 2.53. The zero-order valence-corrected chi connectivity index (χ0v) is 22.6. The smallest absolute Gasteiger partial charge is 0.337 e. The van der Waals surface area contributed by atoms with E-state index in [-0.39, 0.29) is 9.93 Å². The van der Waals surface area contributed by atoms with Crippen molar-refractivity contribution >= 4 is 65.6 Å². The molecular formula is C25H22N4O6S3. The lowest BCUT2D eigenvalue weighted by Crippen LogP contribution is -2.28. The highest BCUT2D eigenvalue weighted by atomic mass is 32.2. The summed E-state index contributed by atoms with van der Waals surface area (Å²) < 4.78 is 32.2. The van der Waals surface area contributed by atoms with E-state index < -0.39 is 39.1 Å². The van der Waals surface area contributed by atoms with Gasteiger partial charge in [-0.1, -0.05) is 47.7 Å². The molecule has 0 aliphatic carbocycles. The number of hydrogen-bond donors (Lipinski definition) is 1. The van der Waals surface area contributed by atoms with Crippen molar-refractivity contribution in [3.8, 4) is 11.3 Å². The molecule has 0 unspecified atom stereocenters. The van der Waals surface area contributed by atoms with Crippen LogP contribution >= 0.6 is 22.7 Å². The van der Waals surface area contributed by atoms with E-state index in [1.165, 1.54) is 7.11 Å². The van der Waals surface area contributed by atoms with Gasteiger partial charge >= 0.3 is 5.97 Å². The summed E-state index contributed by atoms with van der Waals surface area (Å²) in [5, 5.41) is 4.47. The van der Waals surface area contributed by atoms with E-state index in [4.69, 9.17) is 4.74 Å². The van der Waals surface area contributed by atoms with E-state index in [9.17, 15) is 22.8 Å². The molecule has 0 radical (unpaired) electrons. The fourth-order valence-corrected chi connectivity index (χ4v) is 6.36. The Hall–Kier alpha value is -3.94. The molecule has 2 aromatic carbocycles. The van der Waals surface area contributed by atoms with Crippen LogP contribution in [0, 0.1) is 0 Å². The number of esters is 1. The van der Waals surface area contributed by atoms with Crippen molar-refractivity contribution in [2.45, 2.75) is 6.54 Å². The molecule has 0 fully saturated rings. The molecule has 2 heterocycles. The number of amides is 2. The molecule has 2 aromatic heterocycles. The Labute approximate surface area is 225 Å². The molecule has 0 bridgehead atoms. The number of sulfone groups is 1. The van der Waals surface area contributed by atoms with Crippen LogP contribution in [0.3, 0.4) is 0 Å². The van der Waals surface area contributed by atoms with Crippen molar-refractivity contribution < 1.29 is 27.5 Å². The van der Waals surface area contributed by atoms with E-state index in [1.54, 1.807) is 34.2 Å². The number of ether oxygens (including phenoxy) is 1. The Morgan fingerprint density at radius 2 is 1.92 bits per heavy atom. The van der Waals surface area contributed by atoms with Crippen LogP contribution in [0.4, 0.5) is 5.13 Å². The van der Waals surface area contributed by atoms with Crippen LogP contribution in [0.15, 0.2) is 71.6 Å². The van der Waals surface area contributed by atoms with Gasteiger partial charge in [-0.05, 0) is 18.2 Å². The molecule has 4 aromatic rings. The van der Waals surface area contributed by atoms with Crippen LogP contribution in [0.2, 0.25) is 0 Å². The topological polar surface area (TPSA) is 137 Å². The Balaban J connectivity index is 1.47. The number of benzene rings is 2. The summed E-state index contributed by atoms with van der Waals surface area (Å²) in [7, 11) is -2.83. The first-order valence-corrected chi connectivity index (χ1v) is 14.6. The molecule has 4 rings (SSSR count). The monoisotopic (exact) mass is 570 g/mol. The molecule has 0 saturated carbocycles. The van der Waals surface area contributed by atoms with Crippen molar-refractivity contribution in [2.75, 3.05) is 23.9 Å². The van der Waals surface area contributed by atoms with Crippen molar-refractivity contribution in [3.05, 3.63) is 76.9 Å². The zero-order chi connectivity index (χ0) is 27.3. The standard InChI is InChI=1S/C25H22N4O6S3/c1-3-11-29-19-10-9-17(23(32)35-2)12-20(19)37-25(29)28-22(31)15-38(33,34)14-21(30)27-24-26-18(13-36-24)16-7-5-4-6-8-16/h3-10,12-13H,1,11,14-15H2,2H3,(H,26,27,30). The number of methoxy groups -OCH3 is 1. The second kappa shape index (κ2) is 11.6. The third kappa shape index (κ3) is 6.49. The molecule has 13 heteroatoms. The highest BCUT2D eigenvalue weighted by molar-refractivity contribution is 7.92. The Morgan fingerprint density at radius 1 is 1.16 bits per heavy atom. The number of hydrogen-bond acceptors (Lipinski definition) is 9. The summed E-state index contributed by atoms with van der Waals surface area (Å²) in [6, 6.07) is 14.2. The average Bonchev–Trinajstić information content (AvgIpc) is 3.47. The van der Waals surface area contributed by atoms with Crippen LogP contribution in [-0.4, -0.2) is 54.4 Å². The van der Waals surface area contributed by atoms with E-state index in [1.807, 2.05) is 30.3 Å². The van der Waals surface area contributed by atoms with Gasteiger partial charge in [0.2, 0.25) is 5.91 Å². The molecule has 0 aliphatic heterocycles. The molecule has 10 nitrogen and oxygen atoms in total. The number of fused-ring (bicyclic) bond motifs is 1. The van der Waals surface area contributed by atoms with Crippen LogP contribution in [0.1, 0.15) is 10.4 Å². The predicted octanol–water partition coefficient (Wildman–Crippen LogP) is 3.28.